The third-order valence-corrected chi connectivity index (χ3v) is 2.56. The molecule has 0 aliphatic heterocycles. The molecule has 0 saturated carbocycles. The Bertz CT molecular complexity index is 429. The third kappa shape index (κ3) is 1.53. The van der Waals surface area contributed by atoms with E-state index in [9.17, 15) is 0 Å². The summed E-state index contributed by atoms with van der Waals surface area (Å²) in [7, 11) is 0. The number of aryl methyl sites for hydroxylation is 1. The minimum Gasteiger partial charge on any atom is -0.361 e. The number of hydrogen-bond acceptors (Lipinski definition) is 1. The van der Waals surface area contributed by atoms with Crippen LogP contribution in [0.3, 0.4) is 0 Å². The highest BCUT2D eigenvalue weighted by Gasteiger charge is 2.04. The van der Waals surface area contributed by atoms with Crippen LogP contribution in [0.2, 0.25) is 0 Å². The maximum absolute atomic E-state index is 3.35. The Balaban J connectivity index is 2.45. The largest absolute Gasteiger partial charge is 0.361 e. The summed E-state index contributed by atoms with van der Waals surface area (Å²) in [6.45, 7) is 6.24. The van der Waals surface area contributed by atoms with Crippen molar-refractivity contribution in [3.63, 3.8) is 0 Å². The molecule has 2 heteroatoms. The molecule has 0 unspecified atom stereocenters. The lowest BCUT2D eigenvalue weighted by Crippen LogP contribution is -2.11. The van der Waals surface area contributed by atoms with Crippen LogP contribution in [0.25, 0.3) is 10.9 Å². The molecular weight excluding hydrogens is 172 g/mol. The zero-order valence-electron chi connectivity index (χ0n) is 8.72. The van der Waals surface area contributed by atoms with Gasteiger partial charge in [-0.25, -0.2) is 0 Å². The second kappa shape index (κ2) is 3.84. The molecule has 0 bridgehead atoms. The van der Waals surface area contributed by atoms with Crippen molar-refractivity contribution in [2.45, 2.75) is 20.4 Å². The van der Waals surface area contributed by atoms with Crippen LogP contribution in [0.4, 0.5) is 0 Å². The van der Waals surface area contributed by atoms with Crippen molar-refractivity contribution < 1.29 is 0 Å². The summed E-state index contributed by atoms with van der Waals surface area (Å²) in [4.78, 5) is 3.30. The van der Waals surface area contributed by atoms with Crippen LogP contribution in [0.1, 0.15) is 18.1 Å². The van der Waals surface area contributed by atoms with Crippen LogP contribution in [0, 0.1) is 6.92 Å². The molecule has 2 aromatic rings. The monoisotopic (exact) mass is 188 g/mol. The van der Waals surface area contributed by atoms with E-state index in [1.165, 1.54) is 22.0 Å². The molecule has 2 rings (SSSR count). The third-order valence-electron chi connectivity index (χ3n) is 2.56. The second-order valence-electron chi connectivity index (χ2n) is 3.59. The highest BCUT2D eigenvalue weighted by Crippen LogP contribution is 2.21. The van der Waals surface area contributed by atoms with Gasteiger partial charge >= 0.3 is 0 Å². The Hall–Kier alpha value is -1.28. The first-order valence-electron chi connectivity index (χ1n) is 5.09. The number of aromatic nitrogens is 1. The molecule has 0 fully saturated rings. The Morgan fingerprint density at radius 3 is 3.00 bits per heavy atom. The zero-order valence-corrected chi connectivity index (χ0v) is 8.72. The Morgan fingerprint density at radius 2 is 2.21 bits per heavy atom. The van der Waals surface area contributed by atoms with Crippen LogP contribution in [-0.2, 0) is 6.54 Å². The van der Waals surface area contributed by atoms with Crippen LogP contribution in [0.5, 0.6) is 0 Å². The fourth-order valence-corrected chi connectivity index (χ4v) is 1.85. The fraction of sp³-hybridized carbons (Fsp3) is 0.333. The van der Waals surface area contributed by atoms with Gasteiger partial charge < -0.3 is 10.3 Å². The number of H-pyrrole nitrogens is 1. The molecule has 1 heterocycles. The van der Waals surface area contributed by atoms with Crippen molar-refractivity contribution in [3.8, 4) is 0 Å². The van der Waals surface area contributed by atoms with Crippen LogP contribution >= 0.6 is 0 Å². The number of hydrogen-bond donors (Lipinski definition) is 2. The summed E-state index contributed by atoms with van der Waals surface area (Å²) in [6.07, 6.45) is 2.10. The van der Waals surface area contributed by atoms with E-state index in [1.807, 2.05) is 0 Å². The predicted molar refractivity (Wildman–Crippen MR) is 60.4 cm³/mol. The second-order valence-corrected chi connectivity index (χ2v) is 3.59. The molecule has 14 heavy (non-hydrogen) atoms. The Labute approximate surface area is 84.3 Å². The van der Waals surface area contributed by atoms with E-state index in [1.54, 1.807) is 0 Å². The molecule has 2 N–H and O–H groups in total. The van der Waals surface area contributed by atoms with Crippen molar-refractivity contribution in [1.82, 2.24) is 10.3 Å². The van der Waals surface area contributed by atoms with Gasteiger partial charge in [-0.3, -0.25) is 0 Å². The zero-order chi connectivity index (χ0) is 9.97. The molecule has 0 aliphatic rings. The van der Waals surface area contributed by atoms with E-state index in [0.29, 0.717) is 0 Å². The minimum absolute atomic E-state index is 0.946. The van der Waals surface area contributed by atoms with E-state index >= 15 is 0 Å². The van der Waals surface area contributed by atoms with Gasteiger partial charge in [-0.1, -0.05) is 19.1 Å². The first kappa shape index (κ1) is 9.28. The maximum atomic E-state index is 3.35. The first-order chi connectivity index (χ1) is 6.83. The predicted octanol–water partition coefficient (Wildman–Crippen LogP) is 2.59. The van der Waals surface area contributed by atoms with Crippen LogP contribution in [-0.4, -0.2) is 11.5 Å². The van der Waals surface area contributed by atoms with Gasteiger partial charge in [0.25, 0.3) is 0 Å². The molecule has 0 amide bonds. The highest BCUT2D eigenvalue weighted by atomic mass is 14.8. The number of nitrogens with one attached hydrogen (secondary N) is 2. The van der Waals surface area contributed by atoms with Crippen molar-refractivity contribution in [2.75, 3.05) is 6.54 Å². The summed E-state index contributed by atoms with van der Waals surface area (Å²) in [6, 6.07) is 6.37. The standard InChI is InChI=1S/C12H16N2/c1-3-13-7-10-8-14-11-6-4-5-9(2)12(10)11/h4-6,8,13-14H,3,7H2,1-2H3. The summed E-state index contributed by atoms with van der Waals surface area (Å²) < 4.78 is 0. The van der Waals surface area contributed by atoms with Crippen molar-refractivity contribution in [1.29, 1.82) is 0 Å². The van der Waals surface area contributed by atoms with Gasteiger partial charge in [0.15, 0.2) is 0 Å². The maximum Gasteiger partial charge on any atom is 0.0459 e. The molecular formula is C12H16N2. The molecule has 0 aliphatic carbocycles. The molecule has 0 radical (unpaired) electrons. The minimum atomic E-state index is 0.946. The lowest BCUT2D eigenvalue weighted by atomic mass is 10.1. The van der Waals surface area contributed by atoms with Gasteiger partial charge in [0.1, 0.15) is 0 Å². The van der Waals surface area contributed by atoms with Gasteiger partial charge in [0.2, 0.25) is 0 Å². The Morgan fingerprint density at radius 1 is 1.36 bits per heavy atom. The van der Waals surface area contributed by atoms with Crippen LogP contribution in [0.15, 0.2) is 24.4 Å². The van der Waals surface area contributed by atoms with E-state index in [4.69, 9.17) is 0 Å². The lowest BCUT2D eigenvalue weighted by Gasteiger charge is -2.02. The molecule has 0 saturated heterocycles. The molecule has 1 aromatic heterocycles. The van der Waals surface area contributed by atoms with E-state index in [2.05, 4.69) is 48.5 Å². The van der Waals surface area contributed by atoms with Crippen LogP contribution < -0.4 is 5.32 Å². The number of rotatable bonds is 3. The van der Waals surface area contributed by atoms with Gasteiger partial charge in [-0.05, 0) is 30.7 Å². The molecule has 1 aromatic carbocycles. The van der Waals surface area contributed by atoms with E-state index in [0.717, 1.165) is 13.1 Å². The smallest absolute Gasteiger partial charge is 0.0459 e. The van der Waals surface area contributed by atoms with Crippen molar-refractivity contribution >= 4 is 10.9 Å². The number of aromatic amines is 1. The van der Waals surface area contributed by atoms with Gasteiger partial charge in [-0.2, -0.15) is 0 Å². The quantitative estimate of drug-likeness (QED) is 0.761. The van der Waals surface area contributed by atoms with Gasteiger partial charge in [0.05, 0.1) is 0 Å². The number of fused-ring (bicyclic) bond motifs is 1. The fourth-order valence-electron chi connectivity index (χ4n) is 1.85. The summed E-state index contributed by atoms with van der Waals surface area (Å²) >= 11 is 0. The molecule has 0 atom stereocenters. The summed E-state index contributed by atoms with van der Waals surface area (Å²) in [5, 5.41) is 4.72. The summed E-state index contributed by atoms with van der Waals surface area (Å²) in [5.74, 6) is 0. The topological polar surface area (TPSA) is 27.8 Å². The molecule has 74 valence electrons. The number of benzene rings is 1. The van der Waals surface area contributed by atoms with Crippen molar-refractivity contribution in [2.24, 2.45) is 0 Å². The lowest BCUT2D eigenvalue weighted by molar-refractivity contribution is 0.730. The normalized spacial score (nSPS) is 11.0. The Kier molecular flexibility index (Phi) is 2.55. The molecule has 2 nitrogen and oxygen atoms in total. The average Bonchev–Trinajstić information content (AvgIpc) is 2.59. The SMILES string of the molecule is CCNCc1c[nH]c2cccc(C)c12. The van der Waals surface area contributed by atoms with Gasteiger partial charge in [0, 0.05) is 23.6 Å². The molecule has 0 spiro atoms. The van der Waals surface area contributed by atoms with E-state index < -0.39 is 0 Å². The average molecular weight is 188 g/mol. The summed E-state index contributed by atoms with van der Waals surface area (Å²) in [5.41, 5.74) is 3.94. The van der Waals surface area contributed by atoms with Crippen molar-refractivity contribution in [3.05, 3.63) is 35.5 Å². The highest BCUT2D eigenvalue weighted by molar-refractivity contribution is 5.86. The van der Waals surface area contributed by atoms with E-state index in [-0.39, 0.29) is 0 Å². The van der Waals surface area contributed by atoms with Gasteiger partial charge in [-0.15, -0.1) is 0 Å². The first-order valence-corrected chi connectivity index (χ1v) is 5.09.